The van der Waals surface area contributed by atoms with Crippen molar-refractivity contribution in [3.8, 4) is 0 Å². The van der Waals surface area contributed by atoms with E-state index < -0.39 is 0 Å². The molecule has 0 aromatic carbocycles. The minimum absolute atomic E-state index is 0.286. The first kappa shape index (κ1) is 10.6. The Kier molecular flexibility index (Phi) is 4.26. The molecule has 0 saturated heterocycles. The van der Waals surface area contributed by atoms with E-state index in [0.29, 0.717) is 12.0 Å². The molecule has 0 radical (unpaired) electrons. The summed E-state index contributed by atoms with van der Waals surface area (Å²) in [5, 5.41) is 3.06. The Morgan fingerprint density at radius 3 is 2.54 bits per heavy atom. The van der Waals surface area contributed by atoms with E-state index in [9.17, 15) is 4.79 Å². The normalized spacial score (nSPS) is 21.1. The molecule has 2 nitrogen and oxygen atoms in total. The highest BCUT2D eigenvalue weighted by Crippen LogP contribution is 2.23. The molecular weight excluding hydrogens is 162 g/mol. The number of amides is 1. The SMILES string of the molecule is CC[C@@H](C)NC(=O)C1CCCCC1. The summed E-state index contributed by atoms with van der Waals surface area (Å²) in [5.74, 6) is 0.594. The lowest BCUT2D eigenvalue weighted by atomic mass is 9.88. The zero-order valence-electron chi connectivity index (χ0n) is 8.81. The predicted octanol–water partition coefficient (Wildman–Crippen LogP) is 2.48. The van der Waals surface area contributed by atoms with Crippen LogP contribution in [0.5, 0.6) is 0 Å². The Bertz CT molecular complexity index is 161. The van der Waals surface area contributed by atoms with Crippen LogP contribution in [0.25, 0.3) is 0 Å². The largest absolute Gasteiger partial charge is 0.353 e. The smallest absolute Gasteiger partial charge is 0.223 e. The molecule has 13 heavy (non-hydrogen) atoms. The van der Waals surface area contributed by atoms with Crippen molar-refractivity contribution in [3.63, 3.8) is 0 Å². The lowest BCUT2D eigenvalue weighted by Gasteiger charge is -2.22. The van der Waals surface area contributed by atoms with Crippen molar-refractivity contribution in [2.45, 2.75) is 58.4 Å². The maximum Gasteiger partial charge on any atom is 0.223 e. The molecule has 0 aromatic heterocycles. The van der Waals surface area contributed by atoms with Gasteiger partial charge in [-0.1, -0.05) is 26.2 Å². The van der Waals surface area contributed by atoms with Gasteiger partial charge in [-0.2, -0.15) is 0 Å². The molecular formula is C11H21NO. The Hall–Kier alpha value is -0.530. The van der Waals surface area contributed by atoms with E-state index in [1.54, 1.807) is 0 Å². The van der Waals surface area contributed by atoms with Crippen LogP contribution in [-0.4, -0.2) is 11.9 Å². The lowest BCUT2D eigenvalue weighted by molar-refractivity contribution is -0.126. The van der Waals surface area contributed by atoms with Crippen molar-refractivity contribution in [2.24, 2.45) is 5.92 Å². The standard InChI is InChI=1S/C11H21NO/c1-3-9(2)12-11(13)10-7-5-4-6-8-10/h9-10H,3-8H2,1-2H3,(H,12,13)/t9-/m1/s1. The van der Waals surface area contributed by atoms with E-state index in [0.717, 1.165) is 19.3 Å². The fourth-order valence-corrected chi connectivity index (χ4v) is 1.83. The quantitative estimate of drug-likeness (QED) is 0.715. The maximum atomic E-state index is 11.7. The zero-order valence-corrected chi connectivity index (χ0v) is 8.81. The molecule has 0 aromatic rings. The predicted molar refractivity (Wildman–Crippen MR) is 54.5 cm³/mol. The molecule has 0 aliphatic heterocycles. The fraction of sp³-hybridized carbons (Fsp3) is 0.909. The molecule has 1 aliphatic carbocycles. The first-order valence-electron chi connectivity index (χ1n) is 5.54. The van der Waals surface area contributed by atoms with E-state index in [2.05, 4.69) is 19.2 Å². The van der Waals surface area contributed by atoms with Crippen LogP contribution in [0.2, 0.25) is 0 Å². The van der Waals surface area contributed by atoms with Gasteiger partial charge in [0.25, 0.3) is 0 Å². The first-order chi connectivity index (χ1) is 6.24. The highest BCUT2D eigenvalue weighted by molar-refractivity contribution is 5.78. The van der Waals surface area contributed by atoms with Gasteiger partial charge in [-0.05, 0) is 26.2 Å². The molecule has 0 heterocycles. The van der Waals surface area contributed by atoms with E-state index >= 15 is 0 Å². The molecule has 0 bridgehead atoms. The van der Waals surface area contributed by atoms with Gasteiger partial charge < -0.3 is 5.32 Å². The van der Waals surface area contributed by atoms with Crippen LogP contribution in [0.1, 0.15) is 52.4 Å². The van der Waals surface area contributed by atoms with Gasteiger partial charge in [0.2, 0.25) is 5.91 Å². The molecule has 1 atom stereocenters. The van der Waals surface area contributed by atoms with Crippen molar-refractivity contribution in [2.75, 3.05) is 0 Å². The molecule has 0 spiro atoms. The van der Waals surface area contributed by atoms with E-state index in [-0.39, 0.29) is 5.91 Å². The molecule has 0 unspecified atom stereocenters. The zero-order chi connectivity index (χ0) is 9.68. The Labute approximate surface area is 81.1 Å². The number of carbonyl (C=O) groups is 1. The van der Waals surface area contributed by atoms with Crippen molar-refractivity contribution in [1.82, 2.24) is 5.32 Å². The van der Waals surface area contributed by atoms with Gasteiger partial charge in [0.1, 0.15) is 0 Å². The Balaban J connectivity index is 2.29. The third kappa shape index (κ3) is 3.37. The molecule has 1 amide bonds. The van der Waals surface area contributed by atoms with Crippen LogP contribution >= 0.6 is 0 Å². The van der Waals surface area contributed by atoms with Gasteiger partial charge in [0, 0.05) is 12.0 Å². The second-order valence-electron chi connectivity index (χ2n) is 4.15. The Morgan fingerprint density at radius 1 is 1.38 bits per heavy atom. The average molecular weight is 183 g/mol. The average Bonchev–Trinajstić information content (AvgIpc) is 2.19. The number of carbonyl (C=O) groups excluding carboxylic acids is 1. The van der Waals surface area contributed by atoms with Gasteiger partial charge >= 0.3 is 0 Å². The minimum Gasteiger partial charge on any atom is -0.353 e. The summed E-state index contributed by atoms with van der Waals surface area (Å²) in [4.78, 5) is 11.7. The first-order valence-corrected chi connectivity index (χ1v) is 5.54. The lowest BCUT2D eigenvalue weighted by Crippen LogP contribution is -2.37. The minimum atomic E-state index is 0.286. The maximum absolute atomic E-state index is 11.7. The van der Waals surface area contributed by atoms with Crippen molar-refractivity contribution >= 4 is 5.91 Å². The van der Waals surface area contributed by atoms with Crippen LogP contribution in [0.3, 0.4) is 0 Å². The molecule has 1 rings (SSSR count). The molecule has 76 valence electrons. The van der Waals surface area contributed by atoms with Crippen LogP contribution in [0, 0.1) is 5.92 Å². The van der Waals surface area contributed by atoms with Crippen LogP contribution in [-0.2, 0) is 4.79 Å². The second kappa shape index (κ2) is 5.25. The van der Waals surface area contributed by atoms with E-state index in [1.807, 2.05) is 0 Å². The van der Waals surface area contributed by atoms with E-state index in [4.69, 9.17) is 0 Å². The van der Waals surface area contributed by atoms with Gasteiger partial charge in [-0.15, -0.1) is 0 Å². The number of hydrogen-bond acceptors (Lipinski definition) is 1. The summed E-state index contributed by atoms with van der Waals surface area (Å²) in [7, 11) is 0. The topological polar surface area (TPSA) is 29.1 Å². The van der Waals surface area contributed by atoms with Crippen molar-refractivity contribution in [3.05, 3.63) is 0 Å². The van der Waals surface area contributed by atoms with Crippen molar-refractivity contribution in [1.29, 1.82) is 0 Å². The fourth-order valence-electron chi connectivity index (χ4n) is 1.83. The Morgan fingerprint density at radius 2 is 2.00 bits per heavy atom. The third-order valence-electron chi connectivity index (χ3n) is 2.98. The van der Waals surface area contributed by atoms with Crippen molar-refractivity contribution < 1.29 is 4.79 Å². The van der Waals surface area contributed by atoms with Gasteiger partial charge in [0.05, 0.1) is 0 Å². The third-order valence-corrected chi connectivity index (χ3v) is 2.98. The molecule has 1 fully saturated rings. The van der Waals surface area contributed by atoms with Gasteiger partial charge in [0.15, 0.2) is 0 Å². The molecule has 1 aliphatic rings. The summed E-state index contributed by atoms with van der Waals surface area (Å²) in [6.45, 7) is 4.17. The van der Waals surface area contributed by atoms with E-state index in [1.165, 1.54) is 19.3 Å². The monoisotopic (exact) mass is 183 g/mol. The van der Waals surface area contributed by atoms with Crippen LogP contribution < -0.4 is 5.32 Å². The summed E-state index contributed by atoms with van der Waals surface area (Å²) in [6, 6.07) is 0.342. The summed E-state index contributed by atoms with van der Waals surface area (Å²) in [6.07, 6.45) is 7.01. The van der Waals surface area contributed by atoms with Crippen LogP contribution in [0.15, 0.2) is 0 Å². The highest BCUT2D eigenvalue weighted by atomic mass is 16.1. The highest BCUT2D eigenvalue weighted by Gasteiger charge is 2.21. The summed E-state index contributed by atoms with van der Waals surface area (Å²) < 4.78 is 0. The second-order valence-corrected chi connectivity index (χ2v) is 4.15. The van der Waals surface area contributed by atoms with Gasteiger partial charge in [-0.25, -0.2) is 0 Å². The number of hydrogen-bond donors (Lipinski definition) is 1. The van der Waals surface area contributed by atoms with Gasteiger partial charge in [-0.3, -0.25) is 4.79 Å². The molecule has 1 saturated carbocycles. The molecule has 2 heteroatoms. The number of rotatable bonds is 3. The number of nitrogens with one attached hydrogen (secondary N) is 1. The molecule has 1 N–H and O–H groups in total. The summed E-state index contributed by atoms with van der Waals surface area (Å²) in [5.41, 5.74) is 0. The summed E-state index contributed by atoms with van der Waals surface area (Å²) >= 11 is 0. The van der Waals surface area contributed by atoms with Crippen LogP contribution in [0.4, 0.5) is 0 Å².